The predicted octanol–water partition coefficient (Wildman–Crippen LogP) is 2.67. The highest BCUT2D eigenvalue weighted by molar-refractivity contribution is 5.82. The highest BCUT2D eigenvalue weighted by Crippen LogP contribution is 2.17. The molecule has 0 unspecified atom stereocenters. The zero-order valence-electron chi connectivity index (χ0n) is 10.0. The monoisotopic (exact) mass is 244 g/mol. The molecule has 2 rings (SSSR count). The number of hydrogen-bond donors (Lipinski definition) is 0. The molecule has 0 bridgehead atoms. The number of nitrogens with zero attached hydrogens (tertiary/aromatic N) is 2. The van der Waals surface area contributed by atoms with E-state index in [0.29, 0.717) is 23.5 Å². The Hall–Kier alpha value is -2.23. The lowest BCUT2D eigenvalue weighted by molar-refractivity contribution is 0.112. The second kappa shape index (κ2) is 5.40. The van der Waals surface area contributed by atoms with Crippen molar-refractivity contribution >= 4 is 12.1 Å². The van der Waals surface area contributed by atoms with Crippen molar-refractivity contribution < 1.29 is 9.18 Å². The third-order valence-corrected chi connectivity index (χ3v) is 2.67. The molecule has 1 heterocycles. The molecule has 0 radical (unpaired) electrons. The van der Waals surface area contributed by atoms with Crippen LogP contribution in [-0.2, 0) is 6.54 Å². The summed E-state index contributed by atoms with van der Waals surface area (Å²) in [7, 11) is 1.78. The lowest BCUT2D eigenvalue weighted by Crippen LogP contribution is -2.20. The van der Waals surface area contributed by atoms with E-state index in [9.17, 15) is 9.18 Å². The molecular formula is C14H13FN2O. The SMILES string of the molecule is CN(Cc1ccccc1F)c1ncccc1C=O. The maximum atomic E-state index is 13.5. The fraction of sp³-hybridized carbons (Fsp3) is 0.143. The summed E-state index contributed by atoms with van der Waals surface area (Å²) < 4.78 is 13.5. The molecule has 18 heavy (non-hydrogen) atoms. The Labute approximate surface area is 105 Å². The number of benzene rings is 1. The third kappa shape index (κ3) is 2.53. The first-order chi connectivity index (χ1) is 8.72. The molecule has 0 aliphatic heterocycles. The van der Waals surface area contributed by atoms with Crippen LogP contribution in [0.3, 0.4) is 0 Å². The van der Waals surface area contributed by atoms with Gasteiger partial charge >= 0.3 is 0 Å². The molecule has 0 N–H and O–H groups in total. The number of aldehydes is 1. The number of pyridine rings is 1. The van der Waals surface area contributed by atoms with Crippen molar-refractivity contribution in [1.29, 1.82) is 0 Å². The zero-order chi connectivity index (χ0) is 13.0. The quantitative estimate of drug-likeness (QED) is 0.775. The van der Waals surface area contributed by atoms with Crippen LogP contribution < -0.4 is 4.90 Å². The van der Waals surface area contributed by atoms with Gasteiger partial charge in [-0.2, -0.15) is 0 Å². The Morgan fingerprint density at radius 1 is 1.28 bits per heavy atom. The second-order valence-corrected chi connectivity index (χ2v) is 3.98. The average Bonchev–Trinajstić information content (AvgIpc) is 2.41. The molecule has 0 spiro atoms. The fourth-order valence-electron chi connectivity index (χ4n) is 1.78. The molecule has 0 amide bonds. The van der Waals surface area contributed by atoms with Crippen molar-refractivity contribution in [3.8, 4) is 0 Å². The van der Waals surface area contributed by atoms with Crippen LogP contribution >= 0.6 is 0 Å². The molecule has 1 aromatic carbocycles. The van der Waals surface area contributed by atoms with Crippen molar-refractivity contribution in [1.82, 2.24) is 4.98 Å². The Kier molecular flexibility index (Phi) is 3.67. The van der Waals surface area contributed by atoms with E-state index >= 15 is 0 Å². The van der Waals surface area contributed by atoms with E-state index in [-0.39, 0.29) is 5.82 Å². The fourth-order valence-corrected chi connectivity index (χ4v) is 1.78. The Bertz CT molecular complexity index is 557. The normalized spacial score (nSPS) is 10.1. The minimum Gasteiger partial charge on any atom is -0.355 e. The molecule has 1 aromatic heterocycles. The van der Waals surface area contributed by atoms with Crippen LogP contribution in [0, 0.1) is 5.82 Å². The number of rotatable bonds is 4. The minimum absolute atomic E-state index is 0.257. The molecule has 0 saturated carbocycles. The summed E-state index contributed by atoms with van der Waals surface area (Å²) in [5.74, 6) is 0.295. The molecule has 0 fully saturated rings. The van der Waals surface area contributed by atoms with Gasteiger partial charge in [0.1, 0.15) is 11.6 Å². The molecule has 2 aromatic rings. The molecule has 0 aliphatic rings. The number of hydrogen-bond acceptors (Lipinski definition) is 3. The maximum Gasteiger partial charge on any atom is 0.153 e. The summed E-state index contributed by atoms with van der Waals surface area (Å²) in [6.45, 7) is 0.366. The largest absolute Gasteiger partial charge is 0.355 e. The van der Waals surface area contributed by atoms with Crippen LogP contribution in [0.4, 0.5) is 10.2 Å². The van der Waals surface area contributed by atoms with E-state index in [0.717, 1.165) is 6.29 Å². The molecule has 0 saturated heterocycles. The van der Waals surface area contributed by atoms with Crippen LogP contribution in [-0.4, -0.2) is 18.3 Å². The summed E-state index contributed by atoms with van der Waals surface area (Å²) in [4.78, 5) is 16.8. The first-order valence-electron chi connectivity index (χ1n) is 5.57. The number of carbonyl (C=O) groups is 1. The van der Waals surface area contributed by atoms with Crippen molar-refractivity contribution in [2.75, 3.05) is 11.9 Å². The van der Waals surface area contributed by atoms with Crippen molar-refractivity contribution in [3.05, 3.63) is 59.5 Å². The van der Waals surface area contributed by atoms with Gasteiger partial charge in [-0.15, -0.1) is 0 Å². The van der Waals surface area contributed by atoms with Crippen molar-refractivity contribution in [3.63, 3.8) is 0 Å². The van der Waals surface area contributed by atoms with E-state index in [1.54, 1.807) is 48.5 Å². The summed E-state index contributed by atoms with van der Waals surface area (Å²) in [5.41, 5.74) is 1.07. The number of carbonyl (C=O) groups excluding carboxylic acids is 1. The van der Waals surface area contributed by atoms with Crippen molar-refractivity contribution in [2.45, 2.75) is 6.54 Å². The standard InChI is InChI=1S/C14H13FN2O/c1-17(9-11-5-2-3-7-13(11)15)14-12(10-18)6-4-8-16-14/h2-8,10H,9H2,1H3. The van der Waals surface area contributed by atoms with Gasteiger partial charge in [0.15, 0.2) is 6.29 Å². The van der Waals surface area contributed by atoms with Gasteiger partial charge in [0, 0.05) is 25.4 Å². The molecule has 3 nitrogen and oxygen atoms in total. The summed E-state index contributed by atoms with van der Waals surface area (Å²) in [6, 6.07) is 9.96. The first-order valence-corrected chi connectivity index (χ1v) is 5.57. The first kappa shape index (κ1) is 12.2. The number of aromatic nitrogens is 1. The van der Waals surface area contributed by atoms with Crippen LogP contribution in [0.15, 0.2) is 42.6 Å². The minimum atomic E-state index is -0.257. The predicted molar refractivity (Wildman–Crippen MR) is 68.1 cm³/mol. The topological polar surface area (TPSA) is 33.2 Å². The van der Waals surface area contributed by atoms with Crippen LogP contribution in [0.2, 0.25) is 0 Å². The van der Waals surface area contributed by atoms with Gasteiger partial charge in [0.2, 0.25) is 0 Å². The smallest absolute Gasteiger partial charge is 0.153 e. The highest BCUT2D eigenvalue weighted by Gasteiger charge is 2.10. The van der Waals surface area contributed by atoms with Gasteiger partial charge < -0.3 is 4.90 Å². The van der Waals surface area contributed by atoms with E-state index < -0.39 is 0 Å². The lowest BCUT2D eigenvalue weighted by atomic mass is 10.2. The van der Waals surface area contributed by atoms with Crippen LogP contribution in [0.25, 0.3) is 0 Å². The lowest BCUT2D eigenvalue weighted by Gasteiger charge is -2.19. The average molecular weight is 244 g/mol. The van der Waals surface area contributed by atoms with Gasteiger partial charge in [-0.25, -0.2) is 9.37 Å². The second-order valence-electron chi connectivity index (χ2n) is 3.98. The number of anilines is 1. The van der Waals surface area contributed by atoms with Gasteiger partial charge in [0.25, 0.3) is 0 Å². The molecule has 0 atom stereocenters. The van der Waals surface area contributed by atoms with Gasteiger partial charge in [-0.05, 0) is 18.2 Å². The Morgan fingerprint density at radius 2 is 2.06 bits per heavy atom. The third-order valence-electron chi connectivity index (χ3n) is 2.67. The van der Waals surface area contributed by atoms with Gasteiger partial charge in [-0.1, -0.05) is 18.2 Å². The molecule has 0 aliphatic carbocycles. The maximum absolute atomic E-state index is 13.5. The van der Waals surface area contributed by atoms with Gasteiger partial charge in [0.05, 0.1) is 5.56 Å². The van der Waals surface area contributed by atoms with Crippen molar-refractivity contribution in [2.24, 2.45) is 0 Å². The van der Waals surface area contributed by atoms with Gasteiger partial charge in [-0.3, -0.25) is 4.79 Å². The van der Waals surface area contributed by atoms with E-state index in [4.69, 9.17) is 0 Å². The number of halogens is 1. The Balaban J connectivity index is 2.25. The van der Waals surface area contributed by atoms with Crippen LogP contribution in [0.1, 0.15) is 15.9 Å². The Morgan fingerprint density at radius 3 is 2.78 bits per heavy atom. The van der Waals surface area contributed by atoms with Crippen LogP contribution in [0.5, 0.6) is 0 Å². The summed E-state index contributed by atoms with van der Waals surface area (Å²) in [5, 5.41) is 0. The van der Waals surface area contributed by atoms with E-state index in [1.807, 2.05) is 0 Å². The zero-order valence-corrected chi connectivity index (χ0v) is 10.0. The summed E-state index contributed by atoms with van der Waals surface area (Å²) >= 11 is 0. The highest BCUT2D eigenvalue weighted by atomic mass is 19.1. The van der Waals surface area contributed by atoms with E-state index in [2.05, 4.69) is 4.98 Å². The van der Waals surface area contributed by atoms with E-state index in [1.165, 1.54) is 6.07 Å². The molecule has 4 heteroatoms. The molecule has 92 valence electrons. The summed E-state index contributed by atoms with van der Waals surface area (Å²) in [6.07, 6.45) is 2.36. The molecular weight excluding hydrogens is 231 g/mol.